The van der Waals surface area contributed by atoms with E-state index in [0.29, 0.717) is 6.61 Å². The number of methoxy groups -OCH3 is 1. The Morgan fingerprint density at radius 2 is 2.14 bits per heavy atom. The summed E-state index contributed by atoms with van der Waals surface area (Å²) in [4.78, 5) is 14.3. The number of fused-ring (bicyclic) bond motifs is 1. The van der Waals surface area contributed by atoms with Crippen LogP contribution in [0, 0.1) is 5.92 Å². The van der Waals surface area contributed by atoms with Crippen LogP contribution in [0.1, 0.15) is 25.3 Å². The molecule has 1 aromatic carbocycles. The first kappa shape index (κ1) is 15.0. The first-order valence-electron chi connectivity index (χ1n) is 8.01. The minimum atomic E-state index is 0.0199. The van der Waals surface area contributed by atoms with Gasteiger partial charge in [-0.3, -0.25) is 0 Å². The molecule has 2 heterocycles. The predicted molar refractivity (Wildman–Crippen MR) is 84.5 cm³/mol. The van der Waals surface area contributed by atoms with Gasteiger partial charge in [0.15, 0.2) is 0 Å². The number of carbonyl (C=O) groups excluding carboxylic acids is 1. The van der Waals surface area contributed by atoms with Crippen LogP contribution in [-0.2, 0) is 6.42 Å². The van der Waals surface area contributed by atoms with Gasteiger partial charge in [0.2, 0.25) is 0 Å². The summed E-state index contributed by atoms with van der Waals surface area (Å²) in [7, 11) is 1.65. The van der Waals surface area contributed by atoms with E-state index in [1.54, 1.807) is 7.11 Å². The van der Waals surface area contributed by atoms with E-state index in [1.807, 2.05) is 23.1 Å². The van der Waals surface area contributed by atoms with Crippen LogP contribution in [0.5, 0.6) is 11.5 Å². The Balaban J connectivity index is 1.58. The third kappa shape index (κ3) is 3.29. The molecule has 1 atom stereocenters. The van der Waals surface area contributed by atoms with Gasteiger partial charge in [0.05, 0.1) is 13.2 Å². The fraction of sp³-hybridized carbons (Fsp3) is 0.588. The SMILES string of the molecule is COc1ccc2c(c1)C[C@H](NC(=O)N1CCC(C)CC1)CO2. The number of hydrogen-bond donors (Lipinski definition) is 1. The van der Waals surface area contributed by atoms with Crippen LogP contribution in [0.4, 0.5) is 4.79 Å². The fourth-order valence-corrected chi connectivity index (χ4v) is 3.07. The van der Waals surface area contributed by atoms with E-state index in [4.69, 9.17) is 9.47 Å². The number of hydrogen-bond acceptors (Lipinski definition) is 3. The number of nitrogens with zero attached hydrogens (tertiary/aromatic N) is 1. The van der Waals surface area contributed by atoms with Crippen molar-refractivity contribution in [1.29, 1.82) is 0 Å². The van der Waals surface area contributed by atoms with Crippen molar-refractivity contribution in [3.05, 3.63) is 23.8 Å². The van der Waals surface area contributed by atoms with Crippen LogP contribution in [0.3, 0.4) is 0 Å². The number of likely N-dealkylation sites (tertiary alicyclic amines) is 1. The quantitative estimate of drug-likeness (QED) is 0.913. The maximum Gasteiger partial charge on any atom is 0.317 e. The van der Waals surface area contributed by atoms with Crippen molar-refractivity contribution < 1.29 is 14.3 Å². The summed E-state index contributed by atoms with van der Waals surface area (Å²) >= 11 is 0. The predicted octanol–water partition coefficient (Wildman–Crippen LogP) is 2.44. The second-order valence-corrected chi connectivity index (χ2v) is 6.30. The molecular formula is C17H24N2O3. The van der Waals surface area contributed by atoms with Crippen LogP contribution in [0.25, 0.3) is 0 Å². The highest BCUT2D eigenvalue weighted by atomic mass is 16.5. The van der Waals surface area contributed by atoms with E-state index in [-0.39, 0.29) is 12.1 Å². The molecule has 0 radical (unpaired) electrons. The van der Waals surface area contributed by atoms with Gasteiger partial charge in [-0.2, -0.15) is 0 Å². The van der Waals surface area contributed by atoms with Gasteiger partial charge in [0, 0.05) is 13.1 Å². The summed E-state index contributed by atoms with van der Waals surface area (Å²) in [6, 6.07) is 5.86. The Kier molecular flexibility index (Phi) is 4.41. The third-order valence-electron chi connectivity index (χ3n) is 4.57. The van der Waals surface area contributed by atoms with Crippen LogP contribution in [-0.4, -0.2) is 43.8 Å². The van der Waals surface area contributed by atoms with Gasteiger partial charge < -0.3 is 19.7 Å². The molecule has 1 aromatic rings. The lowest BCUT2D eigenvalue weighted by Crippen LogP contribution is -2.50. The van der Waals surface area contributed by atoms with Crippen molar-refractivity contribution in [2.75, 3.05) is 26.8 Å². The molecule has 5 heteroatoms. The van der Waals surface area contributed by atoms with Gasteiger partial charge >= 0.3 is 6.03 Å². The minimum absolute atomic E-state index is 0.0199. The Bertz CT molecular complexity index is 539. The summed E-state index contributed by atoms with van der Waals surface area (Å²) in [5.74, 6) is 2.43. The molecule has 0 bridgehead atoms. The van der Waals surface area contributed by atoms with Gasteiger partial charge in [-0.25, -0.2) is 4.79 Å². The van der Waals surface area contributed by atoms with Crippen LogP contribution in [0.15, 0.2) is 18.2 Å². The number of rotatable bonds is 2. The van der Waals surface area contributed by atoms with Crippen molar-refractivity contribution in [3.8, 4) is 11.5 Å². The summed E-state index contributed by atoms with van der Waals surface area (Å²) in [5, 5.41) is 3.10. The summed E-state index contributed by atoms with van der Waals surface area (Å²) in [6.45, 7) is 4.47. The molecule has 120 valence electrons. The van der Waals surface area contributed by atoms with Gasteiger partial charge in [-0.15, -0.1) is 0 Å². The molecular weight excluding hydrogens is 280 g/mol. The van der Waals surface area contributed by atoms with Crippen molar-refractivity contribution >= 4 is 6.03 Å². The Morgan fingerprint density at radius 1 is 1.36 bits per heavy atom. The molecule has 1 saturated heterocycles. The van der Waals surface area contributed by atoms with Crippen LogP contribution in [0.2, 0.25) is 0 Å². The number of benzene rings is 1. The van der Waals surface area contributed by atoms with Gasteiger partial charge in [-0.05, 0) is 48.9 Å². The number of amides is 2. The molecule has 22 heavy (non-hydrogen) atoms. The molecule has 0 saturated carbocycles. The van der Waals surface area contributed by atoms with E-state index in [9.17, 15) is 4.79 Å². The highest BCUT2D eigenvalue weighted by Gasteiger charge is 2.25. The Hall–Kier alpha value is -1.91. The molecule has 2 amide bonds. The maximum atomic E-state index is 12.3. The highest BCUT2D eigenvalue weighted by Crippen LogP contribution is 2.28. The average Bonchev–Trinajstić information content (AvgIpc) is 2.54. The normalized spacial score (nSPS) is 21.7. The number of ether oxygens (including phenoxy) is 2. The van der Waals surface area contributed by atoms with Crippen molar-refractivity contribution in [2.24, 2.45) is 5.92 Å². The van der Waals surface area contributed by atoms with E-state index >= 15 is 0 Å². The second-order valence-electron chi connectivity index (χ2n) is 6.30. The van der Waals surface area contributed by atoms with E-state index in [2.05, 4.69) is 12.2 Å². The van der Waals surface area contributed by atoms with Crippen molar-refractivity contribution in [3.63, 3.8) is 0 Å². The molecule has 0 aromatic heterocycles. The Labute approximate surface area is 131 Å². The minimum Gasteiger partial charge on any atom is -0.497 e. The average molecular weight is 304 g/mol. The highest BCUT2D eigenvalue weighted by molar-refractivity contribution is 5.74. The first-order chi connectivity index (χ1) is 10.7. The summed E-state index contributed by atoms with van der Waals surface area (Å²) < 4.78 is 11.0. The zero-order valence-electron chi connectivity index (χ0n) is 13.3. The zero-order valence-corrected chi connectivity index (χ0v) is 13.3. The second kappa shape index (κ2) is 6.46. The maximum absolute atomic E-state index is 12.3. The number of urea groups is 1. The first-order valence-corrected chi connectivity index (χ1v) is 8.01. The standard InChI is InChI=1S/C17H24N2O3/c1-12-5-7-19(8-6-12)17(20)18-14-9-13-10-15(21-2)3-4-16(13)22-11-14/h3-4,10,12,14H,5-9,11H2,1-2H3,(H,18,20)/t14-/m0/s1. The molecule has 0 spiro atoms. The summed E-state index contributed by atoms with van der Waals surface area (Å²) in [5.41, 5.74) is 1.09. The van der Waals surface area contributed by atoms with E-state index in [1.165, 1.54) is 0 Å². The number of nitrogens with one attached hydrogen (secondary N) is 1. The lowest BCUT2D eigenvalue weighted by atomic mass is 9.99. The molecule has 3 rings (SSSR count). The molecule has 2 aliphatic heterocycles. The van der Waals surface area contributed by atoms with Crippen LogP contribution >= 0.6 is 0 Å². The van der Waals surface area contributed by atoms with Gasteiger partial charge in [0.1, 0.15) is 18.1 Å². The van der Waals surface area contributed by atoms with E-state index in [0.717, 1.165) is 55.3 Å². The monoisotopic (exact) mass is 304 g/mol. The lowest BCUT2D eigenvalue weighted by Gasteiger charge is -2.33. The van der Waals surface area contributed by atoms with Crippen molar-refractivity contribution in [2.45, 2.75) is 32.2 Å². The molecule has 1 fully saturated rings. The largest absolute Gasteiger partial charge is 0.497 e. The Morgan fingerprint density at radius 3 is 2.86 bits per heavy atom. The summed E-state index contributed by atoms with van der Waals surface area (Å²) in [6.07, 6.45) is 2.96. The molecule has 0 unspecified atom stereocenters. The molecule has 1 N–H and O–H groups in total. The fourth-order valence-electron chi connectivity index (χ4n) is 3.07. The number of piperidine rings is 1. The van der Waals surface area contributed by atoms with Gasteiger partial charge in [0.25, 0.3) is 0 Å². The van der Waals surface area contributed by atoms with E-state index < -0.39 is 0 Å². The zero-order chi connectivity index (χ0) is 15.5. The molecule has 0 aliphatic carbocycles. The van der Waals surface area contributed by atoms with Crippen molar-refractivity contribution in [1.82, 2.24) is 10.2 Å². The smallest absolute Gasteiger partial charge is 0.317 e. The van der Waals surface area contributed by atoms with Crippen LogP contribution < -0.4 is 14.8 Å². The third-order valence-corrected chi connectivity index (χ3v) is 4.57. The lowest BCUT2D eigenvalue weighted by molar-refractivity contribution is 0.161. The molecule has 5 nitrogen and oxygen atoms in total. The number of carbonyl (C=O) groups is 1. The molecule has 2 aliphatic rings. The topological polar surface area (TPSA) is 50.8 Å². The van der Waals surface area contributed by atoms with Gasteiger partial charge in [-0.1, -0.05) is 6.92 Å².